The molecule has 0 aliphatic heterocycles. The predicted molar refractivity (Wildman–Crippen MR) is 84.5 cm³/mol. The van der Waals surface area contributed by atoms with Crippen LogP contribution in [0.3, 0.4) is 0 Å². The van der Waals surface area contributed by atoms with Crippen molar-refractivity contribution in [1.29, 1.82) is 0 Å². The number of hydrogen-bond acceptors (Lipinski definition) is 4. The Hall–Kier alpha value is -2.10. The highest BCUT2D eigenvalue weighted by Crippen LogP contribution is 2.18. The summed E-state index contributed by atoms with van der Waals surface area (Å²) in [4.78, 5) is 8.73. The number of benzene rings is 1. The summed E-state index contributed by atoms with van der Waals surface area (Å²) in [5.41, 5.74) is 2.22. The van der Waals surface area contributed by atoms with Crippen LogP contribution in [0.1, 0.15) is 31.7 Å². The summed E-state index contributed by atoms with van der Waals surface area (Å²) >= 11 is 0. The van der Waals surface area contributed by atoms with E-state index in [2.05, 4.69) is 40.5 Å². The first-order valence-electron chi connectivity index (χ1n) is 7.19. The van der Waals surface area contributed by atoms with Crippen molar-refractivity contribution in [1.82, 2.24) is 9.97 Å². The van der Waals surface area contributed by atoms with Crippen molar-refractivity contribution in [3.63, 3.8) is 0 Å². The number of aryl methyl sites for hydroxylation is 1. The first-order valence-corrected chi connectivity index (χ1v) is 7.19. The van der Waals surface area contributed by atoms with Gasteiger partial charge in [0.05, 0.1) is 0 Å². The molecule has 1 aromatic carbocycles. The Labute approximate surface area is 120 Å². The van der Waals surface area contributed by atoms with Gasteiger partial charge in [-0.1, -0.05) is 38.0 Å². The zero-order valence-corrected chi connectivity index (χ0v) is 12.2. The molecule has 0 saturated heterocycles. The van der Waals surface area contributed by atoms with Gasteiger partial charge in [-0.25, -0.2) is 4.98 Å². The Morgan fingerprint density at radius 1 is 1.10 bits per heavy atom. The third-order valence-electron chi connectivity index (χ3n) is 3.13. The second kappa shape index (κ2) is 7.48. The topological polar surface area (TPSA) is 49.8 Å². The van der Waals surface area contributed by atoms with Crippen LogP contribution in [-0.4, -0.2) is 16.5 Å². The lowest BCUT2D eigenvalue weighted by atomic mass is 10.2. The van der Waals surface area contributed by atoms with Gasteiger partial charge >= 0.3 is 0 Å². The maximum Gasteiger partial charge on any atom is 0.229 e. The van der Waals surface area contributed by atoms with Gasteiger partial charge in [0.1, 0.15) is 5.82 Å². The summed E-state index contributed by atoms with van der Waals surface area (Å²) < 4.78 is 0. The molecular formula is C16H22N4. The molecule has 0 bridgehead atoms. The standard InChI is InChI=1S/C16H22N4/c1-3-4-7-11-17-15-10-12-18-16(20-15)19-14-9-6-5-8-13(14)2/h5-6,8-10,12H,3-4,7,11H2,1-2H3,(H2,17,18,19,20). The van der Waals surface area contributed by atoms with Crippen molar-refractivity contribution in [3.8, 4) is 0 Å². The molecule has 0 amide bonds. The number of aromatic nitrogens is 2. The summed E-state index contributed by atoms with van der Waals surface area (Å²) in [6.45, 7) is 5.22. The smallest absolute Gasteiger partial charge is 0.229 e. The Balaban J connectivity index is 1.97. The van der Waals surface area contributed by atoms with Crippen LogP contribution < -0.4 is 10.6 Å². The van der Waals surface area contributed by atoms with Crippen molar-refractivity contribution in [2.75, 3.05) is 17.2 Å². The van der Waals surface area contributed by atoms with Crippen molar-refractivity contribution in [2.45, 2.75) is 33.1 Å². The van der Waals surface area contributed by atoms with Crippen molar-refractivity contribution in [3.05, 3.63) is 42.1 Å². The van der Waals surface area contributed by atoms with E-state index in [-0.39, 0.29) is 0 Å². The quantitative estimate of drug-likeness (QED) is 0.743. The summed E-state index contributed by atoms with van der Waals surface area (Å²) in [5.74, 6) is 1.49. The molecule has 0 atom stereocenters. The molecule has 0 aliphatic carbocycles. The van der Waals surface area contributed by atoms with Gasteiger partial charge in [-0.2, -0.15) is 4.98 Å². The van der Waals surface area contributed by atoms with Gasteiger partial charge in [-0.3, -0.25) is 0 Å². The Bertz CT molecular complexity index is 540. The number of para-hydroxylation sites is 1. The Morgan fingerprint density at radius 2 is 1.95 bits per heavy atom. The van der Waals surface area contributed by atoms with E-state index in [1.165, 1.54) is 24.8 Å². The van der Waals surface area contributed by atoms with Crippen LogP contribution in [-0.2, 0) is 0 Å². The zero-order valence-electron chi connectivity index (χ0n) is 12.2. The second-order valence-electron chi connectivity index (χ2n) is 4.84. The van der Waals surface area contributed by atoms with Crippen molar-refractivity contribution in [2.24, 2.45) is 0 Å². The zero-order chi connectivity index (χ0) is 14.2. The number of nitrogens with one attached hydrogen (secondary N) is 2. The van der Waals surface area contributed by atoms with Crippen LogP contribution in [0, 0.1) is 6.92 Å². The lowest BCUT2D eigenvalue weighted by Gasteiger charge is -2.09. The monoisotopic (exact) mass is 270 g/mol. The van der Waals surface area contributed by atoms with Crippen LogP contribution in [0.2, 0.25) is 0 Å². The minimum atomic E-state index is 0.625. The van der Waals surface area contributed by atoms with Crippen molar-refractivity contribution < 1.29 is 0 Å². The number of rotatable bonds is 7. The molecule has 0 aliphatic rings. The first-order chi connectivity index (χ1) is 9.79. The lowest BCUT2D eigenvalue weighted by Crippen LogP contribution is -2.05. The van der Waals surface area contributed by atoms with Gasteiger partial charge in [0.25, 0.3) is 0 Å². The van der Waals surface area contributed by atoms with E-state index in [9.17, 15) is 0 Å². The number of unbranched alkanes of at least 4 members (excludes halogenated alkanes) is 2. The van der Waals surface area contributed by atoms with E-state index < -0.39 is 0 Å². The Kier molecular flexibility index (Phi) is 5.35. The average molecular weight is 270 g/mol. The normalized spacial score (nSPS) is 10.3. The molecule has 0 spiro atoms. The molecule has 106 valence electrons. The maximum atomic E-state index is 4.47. The van der Waals surface area contributed by atoms with Gasteiger partial charge in [0, 0.05) is 18.4 Å². The van der Waals surface area contributed by atoms with Gasteiger partial charge < -0.3 is 10.6 Å². The van der Waals surface area contributed by atoms with Crippen molar-refractivity contribution >= 4 is 17.5 Å². The molecule has 2 N–H and O–H groups in total. The van der Waals surface area contributed by atoms with E-state index in [1.54, 1.807) is 6.20 Å². The molecule has 2 rings (SSSR count). The molecule has 0 unspecified atom stereocenters. The van der Waals surface area contributed by atoms with E-state index >= 15 is 0 Å². The summed E-state index contributed by atoms with van der Waals surface area (Å²) in [6.07, 6.45) is 5.41. The van der Waals surface area contributed by atoms with E-state index in [0.29, 0.717) is 5.95 Å². The summed E-state index contributed by atoms with van der Waals surface area (Å²) in [7, 11) is 0. The molecule has 0 radical (unpaired) electrons. The minimum Gasteiger partial charge on any atom is -0.370 e. The fourth-order valence-electron chi connectivity index (χ4n) is 1.94. The molecule has 0 fully saturated rings. The SMILES string of the molecule is CCCCCNc1ccnc(Nc2ccccc2C)n1. The highest BCUT2D eigenvalue weighted by Gasteiger charge is 2.01. The highest BCUT2D eigenvalue weighted by molar-refractivity contribution is 5.58. The van der Waals surface area contributed by atoms with E-state index in [4.69, 9.17) is 0 Å². The van der Waals surface area contributed by atoms with Crippen LogP contribution >= 0.6 is 0 Å². The fraction of sp³-hybridized carbons (Fsp3) is 0.375. The molecule has 20 heavy (non-hydrogen) atoms. The highest BCUT2D eigenvalue weighted by atomic mass is 15.1. The summed E-state index contributed by atoms with van der Waals surface area (Å²) in [5, 5.41) is 6.58. The van der Waals surface area contributed by atoms with Gasteiger partial charge in [0.2, 0.25) is 5.95 Å². The third-order valence-corrected chi connectivity index (χ3v) is 3.13. The minimum absolute atomic E-state index is 0.625. The number of anilines is 3. The van der Waals surface area contributed by atoms with Gasteiger partial charge in [0.15, 0.2) is 0 Å². The predicted octanol–water partition coefficient (Wildman–Crippen LogP) is 4.13. The fourth-order valence-corrected chi connectivity index (χ4v) is 1.94. The lowest BCUT2D eigenvalue weighted by molar-refractivity contribution is 0.742. The first kappa shape index (κ1) is 14.3. The molecular weight excluding hydrogens is 248 g/mol. The number of hydrogen-bond donors (Lipinski definition) is 2. The van der Waals surface area contributed by atoms with Gasteiger partial charge in [-0.15, -0.1) is 0 Å². The van der Waals surface area contributed by atoms with E-state index in [0.717, 1.165) is 18.1 Å². The third kappa shape index (κ3) is 4.23. The molecule has 0 saturated carbocycles. The second-order valence-corrected chi connectivity index (χ2v) is 4.84. The van der Waals surface area contributed by atoms with Crippen LogP contribution in [0.4, 0.5) is 17.5 Å². The Morgan fingerprint density at radius 3 is 2.75 bits per heavy atom. The molecule has 4 heteroatoms. The van der Waals surface area contributed by atoms with Crippen LogP contribution in [0.25, 0.3) is 0 Å². The molecule has 4 nitrogen and oxygen atoms in total. The molecule has 2 aromatic rings. The number of nitrogens with zero attached hydrogens (tertiary/aromatic N) is 2. The molecule has 1 aromatic heterocycles. The summed E-state index contributed by atoms with van der Waals surface area (Å²) in [6, 6.07) is 10.0. The largest absolute Gasteiger partial charge is 0.370 e. The maximum absolute atomic E-state index is 4.47. The van der Waals surface area contributed by atoms with E-state index in [1.807, 2.05) is 24.3 Å². The molecule has 1 heterocycles. The average Bonchev–Trinajstić information content (AvgIpc) is 2.47. The van der Waals surface area contributed by atoms with Crippen LogP contribution in [0.5, 0.6) is 0 Å². The van der Waals surface area contributed by atoms with Crippen LogP contribution in [0.15, 0.2) is 36.5 Å². The van der Waals surface area contributed by atoms with Gasteiger partial charge in [-0.05, 0) is 31.0 Å².